The van der Waals surface area contributed by atoms with Crippen LogP contribution in [0.2, 0.25) is 0 Å². The molecule has 0 radical (unpaired) electrons. The first-order valence-corrected chi connectivity index (χ1v) is 9.39. The summed E-state index contributed by atoms with van der Waals surface area (Å²) in [6, 6.07) is 3.36. The lowest BCUT2D eigenvalue weighted by Crippen LogP contribution is -2.33. The minimum atomic E-state index is -3.39. The molecular weight excluding hydrogens is 362 g/mol. The van der Waals surface area contributed by atoms with Gasteiger partial charge in [0.05, 0.1) is 3.79 Å². The molecule has 8 heteroatoms. The average Bonchev–Trinajstić information content (AvgIpc) is 3.04. The molecule has 2 aromatic heterocycles. The van der Waals surface area contributed by atoms with E-state index in [1.54, 1.807) is 18.3 Å². The van der Waals surface area contributed by atoms with Gasteiger partial charge in [0.1, 0.15) is 10.0 Å². The number of sulfonamides is 1. The summed E-state index contributed by atoms with van der Waals surface area (Å²) in [5.41, 5.74) is 0. The Hall–Kier alpha value is -0.700. The van der Waals surface area contributed by atoms with E-state index in [4.69, 9.17) is 0 Å². The van der Waals surface area contributed by atoms with Gasteiger partial charge in [0.15, 0.2) is 0 Å². The van der Waals surface area contributed by atoms with Crippen LogP contribution < -0.4 is 4.72 Å². The number of nitrogens with zero attached hydrogens (tertiary/aromatic N) is 2. The predicted molar refractivity (Wildman–Crippen MR) is 81.2 cm³/mol. The largest absolute Gasteiger partial charge is 0.335 e. The summed E-state index contributed by atoms with van der Waals surface area (Å²) in [5, 5.41) is 0. The SMILES string of the molecule is O=S(=O)(NC[C@@H]1CCc2nccn2C1)c1ccc(Br)s1. The van der Waals surface area contributed by atoms with E-state index in [0.29, 0.717) is 16.7 Å². The van der Waals surface area contributed by atoms with Gasteiger partial charge < -0.3 is 4.57 Å². The van der Waals surface area contributed by atoms with E-state index < -0.39 is 10.0 Å². The Morgan fingerprint density at radius 1 is 1.50 bits per heavy atom. The number of thiophene rings is 1. The average molecular weight is 376 g/mol. The summed E-state index contributed by atoms with van der Waals surface area (Å²) < 4.78 is 30.3. The van der Waals surface area contributed by atoms with Crippen LogP contribution in [0.25, 0.3) is 0 Å². The minimum absolute atomic E-state index is 0.315. The molecule has 108 valence electrons. The van der Waals surface area contributed by atoms with Gasteiger partial charge in [-0.15, -0.1) is 11.3 Å². The second-order valence-electron chi connectivity index (χ2n) is 4.81. The Balaban J connectivity index is 1.63. The van der Waals surface area contributed by atoms with Crippen LogP contribution in [0, 0.1) is 5.92 Å². The van der Waals surface area contributed by atoms with Crippen LogP contribution in [-0.4, -0.2) is 24.5 Å². The van der Waals surface area contributed by atoms with Gasteiger partial charge in [0, 0.05) is 31.9 Å². The summed E-state index contributed by atoms with van der Waals surface area (Å²) in [6.45, 7) is 1.29. The lowest BCUT2D eigenvalue weighted by molar-refractivity contribution is 0.363. The Bertz CT molecular complexity index is 708. The Labute approximate surface area is 130 Å². The van der Waals surface area contributed by atoms with Crippen LogP contribution in [0.1, 0.15) is 12.2 Å². The first-order chi connectivity index (χ1) is 9.54. The number of aryl methyl sites for hydroxylation is 1. The molecule has 5 nitrogen and oxygen atoms in total. The number of hydrogen-bond donors (Lipinski definition) is 1. The van der Waals surface area contributed by atoms with Gasteiger partial charge in [-0.3, -0.25) is 0 Å². The van der Waals surface area contributed by atoms with E-state index in [1.807, 2.05) is 6.20 Å². The summed E-state index contributed by atoms with van der Waals surface area (Å²) in [5.74, 6) is 1.40. The van der Waals surface area contributed by atoms with Crippen molar-refractivity contribution in [3.05, 3.63) is 34.1 Å². The minimum Gasteiger partial charge on any atom is -0.335 e. The highest BCUT2D eigenvalue weighted by atomic mass is 79.9. The molecule has 0 amide bonds. The predicted octanol–water partition coefficient (Wildman–Crippen LogP) is 2.25. The van der Waals surface area contributed by atoms with Crippen molar-refractivity contribution in [3.8, 4) is 0 Å². The lowest BCUT2D eigenvalue weighted by Gasteiger charge is -2.23. The number of nitrogens with one attached hydrogen (secondary N) is 1. The monoisotopic (exact) mass is 375 g/mol. The van der Waals surface area contributed by atoms with Crippen LogP contribution in [0.4, 0.5) is 0 Å². The molecular formula is C12H14BrN3O2S2. The van der Waals surface area contributed by atoms with E-state index in [1.165, 1.54) is 11.3 Å². The van der Waals surface area contributed by atoms with E-state index in [-0.39, 0.29) is 0 Å². The van der Waals surface area contributed by atoms with Gasteiger partial charge in [-0.05, 0) is 40.4 Å². The molecule has 1 atom stereocenters. The van der Waals surface area contributed by atoms with Crippen LogP contribution in [-0.2, 0) is 23.0 Å². The molecule has 0 spiro atoms. The maximum Gasteiger partial charge on any atom is 0.250 e. The van der Waals surface area contributed by atoms with Gasteiger partial charge >= 0.3 is 0 Å². The van der Waals surface area contributed by atoms with E-state index >= 15 is 0 Å². The molecule has 3 heterocycles. The Morgan fingerprint density at radius 2 is 2.35 bits per heavy atom. The standard InChI is InChI=1S/C12H14BrN3O2S2/c13-10-2-4-12(19-10)20(17,18)15-7-9-1-3-11-14-5-6-16(11)8-9/h2,4-6,9,15H,1,3,7-8H2/t9-/m0/s1. The zero-order chi connectivity index (χ0) is 14.2. The smallest absolute Gasteiger partial charge is 0.250 e. The molecule has 0 aromatic carbocycles. The third kappa shape index (κ3) is 2.98. The summed E-state index contributed by atoms with van der Waals surface area (Å²) in [4.78, 5) is 4.27. The van der Waals surface area contributed by atoms with E-state index in [9.17, 15) is 8.42 Å². The molecule has 1 N–H and O–H groups in total. The number of halogens is 1. The fourth-order valence-corrected chi connectivity index (χ4v) is 5.52. The number of aromatic nitrogens is 2. The van der Waals surface area contributed by atoms with Gasteiger partial charge in [0.25, 0.3) is 0 Å². The summed E-state index contributed by atoms with van der Waals surface area (Å²) >= 11 is 4.50. The van der Waals surface area contributed by atoms with Crippen molar-refractivity contribution in [1.29, 1.82) is 0 Å². The van der Waals surface area contributed by atoms with Crippen molar-refractivity contribution in [2.45, 2.75) is 23.6 Å². The molecule has 0 bridgehead atoms. The van der Waals surface area contributed by atoms with E-state index in [2.05, 4.69) is 30.2 Å². The number of imidazole rings is 1. The molecule has 1 aliphatic rings. The van der Waals surface area contributed by atoms with Crippen LogP contribution in [0.15, 0.2) is 32.5 Å². The topological polar surface area (TPSA) is 64.0 Å². The first-order valence-electron chi connectivity index (χ1n) is 6.29. The number of hydrogen-bond acceptors (Lipinski definition) is 4. The van der Waals surface area contributed by atoms with Crippen LogP contribution in [0.3, 0.4) is 0 Å². The molecule has 3 rings (SSSR count). The van der Waals surface area contributed by atoms with Crippen LogP contribution >= 0.6 is 27.3 Å². The van der Waals surface area contributed by atoms with Crippen LogP contribution in [0.5, 0.6) is 0 Å². The van der Waals surface area contributed by atoms with Gasteiger partial charge in [-0.1, -0.05) is 0 Å². The van der Waals surface area contributed by atoms with Crippen molar-refractivity contribution < 1.29 is 8.42 Å². The molecule has 2 aromatic rings. The normalized spacial score (nSPS) is 18.9. The van der Waals surface area contributed by atoms with Gasteiger partial charge in [-0.25, -0.2) is 18.1 Å². The molecule has 0 saturated carbocycles. The molecule has 1 aliphatic heterocycles. The second kappa shape index (κ2) is 5.59. The van der Waals surface area contributed by atoms with Gasteiger partial charge in [-0.2, -0.15) is 0 Å². The van der Waals surface area contributed by atoms with Crippen molar-refractivity contribution in [2.24, 2.45) is 5.92 Å². The van der Waals surface area contributed by atoms with Gasteiger partial charge in [0.2, 0.25) is 10.0 Å². The number of fused-ring (bicyclic) bond motifs is 1. The van der Waals surface area contributed by atoms with Crippen molar-refractivity contribution >= 4 is 37.3 Å². The molecule has 0 unspecified atom stereocenters. The molecule has 0 aliphatic carbocycles. The zero-order valence-electron chi connectivity index (χ0n) is 10.6. The molecule has 0 saturated heterocycles. The highest BCUT2D eigenvalue weighted by Gasteiger charge is 2.22. The third-order valence-corrected chi connectivity index (χ3v) is 6.95. The third-order valence-electron chi connectivity index (χ3n) is 3.41. The second-order valence-corrected chi connectivity index (χ2v) is 9.27. The number of rotatable bonds is 4. The molecule has 20 heavy (non-hydrogen) atoms. The van der Waals surface area contributed by atoms with Crippen molar-refractivity contribution in [1.82, 2.24) is 14.3 Å². The molecule has 0 fully saturated rings. The Kier molecular flexibility index (Phi) is 3.98. The summed E-state index contributed by atoms with van der Waals surface area (Å²) in [6.07, 6.45) is 5.62. The summed E-state index contributed by atoms with van der Waals surface area (Å²) in [7, 11) is -3.39. The maximum absolute atomic E-state index is 12.1. The van der Waals surface area contributed by atoms with Crippen molar-refractivity contribution in [3.63, 3.8) is 0 Å². The quantitative estimate of drug-likeness (QED) is 0.890. The maximum atomic E-state index is 12.1. The van der Waals surface area contributed by atoms with E-state index in [0.717, 1.165) is 29.0 Å². The highest BCUT2D eigenvalue weighted by Crippen LogP contribution is 2.26. The fourth-order valence-electron chi connectivity index (χ4n) is 2.34. The fraction of sp³-hybridized carbons (Fsp3) is 0.417. The first kappa shape index (κ1) is 14.2. The highest BCUT2D eigenvalue weighted by molar-refractivity contribution is 9.11. The van der Waals surface area contributed by atoms with Crippen molar-refractivity contribution in [2.75, 3.05) is 6.54 Å². The zero-order valence-corrected chi connectivity index (χ0v) is 13.8. The lowest BCUT2D eigenvalue weighted by atomic mass is 10.00. The Morgan fingerprint density at radius 3 is 3.10 bits per heavy atom.